The van der Waals surface area contributed by atoms with Crippen molar-refractivity contribution in [2.24, 2.45) is 5.92 Å². The summed E-state index contributed by atoms with van der Waals surface area (Å²) in [5.74, 6) is -1.29. The van der Waals surface area contributed by atoms with Gasteiger partial charge in [0, 0.05) is 23.6 Å². The van der Waals surface area contributed by atoms with Crippen molar-refractivity contribution in [3.05, 3.63) is 10.6 Å². The van der Waals surface area contributed by atoms with E-state index in [4.69, 9.17) is 0 Å². The lowest BCUT2D eigenvalue weighted by Crippen LogP contribution is -2.61. The Morgan fingerprint density at radius 2 is 2.09 bits per heavy atom. The summed E-state index contributed by atoms with van der Waals surface area (Å²) in [6, 6.07) is -0.478. The van der Waals surface area contributed by atoms with Crippen molar-refractivity contribution in [1.82, 2.24) is 10.2 Å². The molecule has 7 nitrogen and oxygen atoms in total. The molecule has 1 fully saturated rings. The average molecular weight is 342 g/mol. The summed E-state index contributed by atoms with van der Waals surface area (Å²) >= 11 is 1.39. The molecule has 2 aliphatic rings. The molecule has 2 heterocycles. The zero-order chi connectivity index (χ0) is 17.3. The first-order chi connectivity index (χ1) is 10.8. The summed E-state index contributed by atoms with van der Waals surface area (Å²) < 4.78 is 0. The summed E-state index contributed by atoms with van der Waals surface area (Å²) in [6.45, 7) is 5.42. The molecular weight excluding hydrogens is 320 g/mol. The van der Waals surface area contributed by atoms with Gasteiger partial charge in [0.15, 0.2) is 0 Å². The van der Waals surface area contributed by atoms with E-state index in [1.807, 2.05) is 0 Å². The Kier molecular flexibility index (Phi) is 5.49. The van der Waals surface area contributed by atoms with Crippen LogP contribution in [0.4, 0.5) is 0 Å². The summed E-state index contributed by atoms with van der Waals surface area (Å²) in [6.07, 6.45) is -0.309. The van der Waals surface area contributed by atoms with Gasteiger partial charge in [-0.05, 0) is 20.8 Å². The number of aliphatic hydroxyl groups excluding tert-OH is 1. The number of carbonyl (C=O) groups is 3. The van der Waals surface area contributed by atoms with E-state index in [9.17, 15) is 24.6 Å². The van der Waals surface area contributed by atoms with Gasteiger partial charge >= 0.3 is 5.97 Å². The Balaban J connectivity index is 1.97. The maximum absolute atomic E-state index is 12.0. The SMILES string of the molecule is CC(=O)C(C)NCCSC1=C(C(=O)O)N2C(=O)[C@H]([C@@H](C)O)[C@H]2C1. The molecule has 23 heavy (non-hydrogen) atoms. The summed E-state index contributed by atoms with van der Waals surface area (Å²) in [7, 11) is 0. The molecule has 0 spiro atoms. The number of aliphatic carboxylic acids is 1. The van der Waals surface area contributed by atoms with E-state index in [0.29, 0.717) is 23.6 Å². The number of carbonyl (C=O) groups excluding carboxylic acids is 2. The molecule has 1 saturated heterocycles. The number of nitrogens with one attached hydrogen (secondary N) is 1. The van der Waals surface area contributed by atoms with E-state index >= 15 is 0 Å². The highest BCUT2D eigenvalue weighted by molar-refractivity contribution is 8.03. The molecule has 0 aromatic heterocycles. The smallest absolute Gasteiger partial charge is 0.353 e. The van der Waals surface area contributed by atoms with Crippen LogP contribution in [0.25, 0.3) is 0 Å². The van der Waals surface area contributed by atoms with Crippen molar-refractivity contribution in [2.45, 2.75) is 45.4 Å². The number of nitrogens with zero attached hydrogens (tertiary/aromatic N) is 1. The fourth-order valence-electron chi connectivity index (χ4n) is 2.95. The molecule has 1 unspecified atom stereocenters. The topological polar surface area (TPSA) is 107 Å². The van der Waals surface area contributed by atoms with Crippen LogP contribution in [-0.4, -0.2) is 63.3 Å². The summed E-state index contributed by atoms with van der Waals surface area (Å²) in [5, 5.41) is 22.1. The van der Waals surface area contributed by atoms with E-state index in [1.54, 1.807) is 13.8 Å². The molecule has 0 aromatic rings. The molecule has 8 heteroatoms. The van der Waals surface area contributed by atoms with Crippen molar-refractivity contribution in [3.8, 4) is 0 Å². The number of aliphatic hydroxyl groups is 1. The minimum Gasteiger partial charge on any atom is -0.477 e. The van der Waals surface area contributed by atoms with Crippen LogP contribution in [0.5, 0.6) is 0 Å². The zero-order valence-corrected chi connectivity index (χ0v) is 14.2. The standard InChI is InChI=1S/C15H22N2O5S/c1-7(8(2)18)16-4-5-23-11-6-10-12(9(3)19)14(20)17(10)13(11)15(21)22/h7,9-10,12,16,19H,4-6H2,1-3H3,(H,21,22)/t7?,9-,10-,12-/m1/s1. The fraction of sp³-hybridized carbons (Fsp3) is 0.667. The number of Topliss-reactive ketones (excluding diaryl/α,β-unsaturated/α-hetero) is 1. The lowest BCUT2D eigenvalue weighted by atomic mass is 9.83. The minimum absolute atomic E-state index is 0.0431. The Morgan fingerprint density at radius 1 is 1.43 bits per heavy atom. The van der Waals surface area contributed by atoms with Crippen LogP contribution in [0.1, 0.15) is 27.2 Å². The number of ketones is 1. The van der Waals surface area contributed by atoms with Crippen molar-refractivity contribution < 1.29 is 24.6 Å². The second-order valence-electron chi connectivity index (χ2n) is 5.96. The molecule has 0 saturated carbocycles. The average Bonchev–Trinajstić information content (AvgIpc) is 2.77. The highest BCUT2D eigenvalue weighted by atomic mass is 32.2. The van der Waals surface area contributed by atoms with Crippen LogP contribution in [0.15, 0.2) is 10.6 Å². The molecule has 4 atom stereocenters. The van der Waals surface area contributed by atoms with E-state index in [-0.39, 0.29) is 29.5 Å². The van der Waals surface area contributed by atoms with Gasteiger partial charge in [-0.3, -0.25) is 9.59 Å². The van der Waals surface area contributed by atoms with Crippen LogP contribution >= 0.6 is 11.8 Å². The Hall–Kier alpha value is -1.38. The predicted octanol–water partition coefficient (Wildman–Crippen LogP) is 0.194. The van der Waals surface area contributed by atoms with Crippen molar-refractivity contribution >= 4 is 29.4 Å². The van der Waals surface area contributed by atoms with E-state index in [1.165, 1.54) is 23.6 Å². The van der Waals surface area contributed by atoms with Gasteiger partial charge in [-0.15, -0.1) is 11.8 Å². The summed E-state index contributed by atoms with van der Waals surface area (Å²) in [5.41, 5.74) is 0.0431. The highest BCUT2D eigenvalue weighted by Crippen LogP contribution is 2.46. The van der Waals surface area contributed by atoms with E-state index < -0.39 is 18.0 Å². The summed E-state index contributed by atoms with van der Waals surface area (Å²) in [4.78, 5) is 36.6. The Morgan fingerprint density at radius 3 is 2.61 bits per heavy atom. The number of carboxylic acids is 1. The van der Waals surface area contributed by atoms with Crippen molar-refractivity contribution in [1.29, 1.82) is 0 Å². The molecule has 1 amide bonds. The van der Waals surface area contributed by atoms with Gasteiger partial charge in [0.1, 0.15) is 11.5 Å². The molecule has 0 bridgehead atoms. The second kappa shape index (κ2) is 7.02. The second-order valence-corrected chi connectivity index (χ2v) is 7.15. The molecule has 0 radical (unpaired) electrons. The minimum atomic E-state index is -1.11. The third-order valence-corrected chi connectivity index (χ3v) is 5.45. The molecule has 0 aliphatic carbocycles. The van der Waals surface area contributed by atoms with Crippen molar-refractivity contribution in [3.63, 3.8) is 0 Å². The quantitative estimate of drug-likeness (QED) is 0.427. The molecular formula is C15H22N2O5S. The Labute approximate surface area is 139 Å². The van der Waals surface area contributed by atoms with Crippen LogP contribution in [-0.2, 0) is 14.4 Å². The largest absolute Gasteiger partial charge is 0.477 e. The van der Waals surface area contributed by atoms with Gasteiger partial charge in [-0.25, -0.2) is 4.79 Å². The molecule has 0 aromatic carbocycles. The maximum Gasteiger partial charge on any atom is 0.353 e. The van der Waals surface area contributed by atoms with E-state index in [2.05, 4.69) is 5.32 Å². The van der Waals surface area contributed by atoms with Crippen LogP contribution in [0, 0.1) is 5.92 Å². The lowest BCUT2D eigenvalue weighted by Gasteiger charge is -2.44. The zero-order valence-electron chi connectivity index (χ0n) is 13.4. The number of rotatable bonds is 8. The van der Waals surface area contributed by atoms with Gasteiger partial charge < -0.3 is 20.4 Å². The maximum atomic E-state index is 12.0. The third-order valence-electron chi connectivity index (χ3n) is 4.33. The predicted molar refractivity (Wildman–Crippen MR) is 85.7 cm³/mol. The first-order valence-corrected chi connectivity index (χ1v) is 8.58. The van der Waals surface area contributed by atoms with Crippen LogP contribution < -0.4 is 5.32 Å². The monoisotopic (exact) mass is 342 g/mol. The molecule has 2 rings (SSSR count). The number of fused-ring (bicyclic) bond motifs is 1. The molecule has 128 valence electrons. The highest BCUT2D eigenvalue weighted by Gasteiger charge is 2.56. The van der Waals surface area contributed by atoms with Crippen LogP contribution in [0.3, 0.4) is 0 Å². The third kappa shape index (κ3) is 3.44. The normalized spacial score (nSPS) is 25.9. The number of β-lactam (4-membered cyclic amide) rings is 1. The number of hydrogen-bond donors (Lipinski definition) is 3. The number of hydrogen-bond acceptors (Lipinski definition) is 6. The number of carboxylic acid groups (broad SMARTS) is 1. The number of thioether (sulfide) groups is 1. The van der Waals surface area contributed by atoms with Gasteiger partial charge in [0.05, 0.1) is 24.1 Å². The number of amides is 1. The first-order valence-electron chi connectivity index (χ1n) is 7.60. The van der Waals surface area contributed by atoms with Gasteiger partial charge in [0.2, 0.25) is 5.91 Å². The van der Waals surface area contributed by atoms with Crippen molar-refractivity contribution in [2.75, 3.05) is 12.3 Å². The van der Waals surface area contributed by atoms with Gasteiger partial charge in [-0.1, -0.05) is 0 Å². The van der Waals surface area contributed by atoms with Gasteiger partial charge in [-0.2, -0.15) is 0 Å². The van der Waals surface area contributed by atoms with E-state index in [0.717, 1.165) is 0 Å². The fourth-order valence-corrected chi connectivity index (χ4v) is 4.03. The first kappa shape index (κ1) is 18.0. The molecule has 2 aliphatic heterocycles. The lowest BCUT2D eigenvalue weighted by molar-refractivity contribution is -0.161. The van der Waals surface area contributed by atoms with Gasteiger partial charge in [0.25, 0.3) is 0 Å². The molecule has 3 N–H and O–H groups in total. The van der Waals surface area contributed by atoms with Crippen LogP contribution in [0.2, 0.25) is 0 Å². The Bertz CT molecular complexity index is 560.